The van der Waals surface area contributed by atoms with Gasteiger partial charge in [-0.1, -0.05) is 6.07 Å². The number of hydrogen-bond acceptors (Lipinski definition) is 7. The van der Waals surface area contributed by atoms with Crippen molar-refractivity contribution in [2.45, 2.75) is 0 Å². The van der Waals surface area contributed by atoms with E-state index in [2.05, 4.69) is 15.4 Å². The number of ether oxygens (including phenoxy) is 2. The van der Waals surface area contributed by atoms with Crippen molar-refractivity contribution in [2.24, 2.45) is 5.10 Å². The van der Waals surface area contributed by atoms with Gasteiger partial charge < -0.3 is 13.9 Å². The highest BCUT2D eigenvalue weighted by Crippen LogP contribution is 2.24. The molecule has 0 aliphatic carbocycles. The molecule has 1 saturated heterocycles. The first kappa shape index (κ1) is 20.3. The molecule has 1 amide bonds. The molecule has 156 valence electrons. The minimum atomic E-state index is -0.392. The van der Waals surface area contributed by atoms with Gasteiger partial charge in [-0.25, -0.2) is 5.43 Å². The van der Waals surface area contributed by atoms with E-state index < -0.39 is 5.91 Å². The lowest BCUT2D eigenvalue weighted by atomic mass is 10.2. The third-order valence-corrected chi connectivity index (χ3v) is 5.46. The van der Waals surface area contributed by atoms with E-state index in [4.69, 9.17) is 13.9 Å². The number of rotatable bonds is 8. The van der Waals surface area contributed by atoms with Crippen LogP contribution >= 0.6 is 11.3 Å². The van der Waals surface area contributed by atoms with Crippen molar-refractivity contribution < 1.29 is 18.7 Å². The minimum absolute atomic E-state index is 0.208. The summed E-state index contributed by atoms with van der Waals surface area (Å²) in [5, 5.41) is 5.89. The number of amides is 1. The number of thiophene rings is 1. The predicted molar refractivity (Wildman–Crippen MR) is 116 cm³/mol. The van der Waals surface area contributed by atoms with Gasteiger partial charge in [0.1, 0.15) is 18.1 Å². The summed E-state index contributed by atoms with van der Waals surface area (Å²) in [6.45, 7) is 5.01. The Kier molecular flexibility index (Phi) is 6.91. The van der Waals surface area contributed by atoms with Crippen molar-refractivity contribution in [1.29, 1.82) is 0 Å². The van der Waals surface area contributed by atoms with E-state index in [1.54, 1.807) is 29.7 Å². The quantitative estimate of drug-likeness (QED) is 0.442. The molecule has 0 saturated carbocycles. The SMILES string of the molecule is O=C(NN=Cc1cccs1)c1ccc(-c2ccc(OCCN3CCOCC3)cc2)o1. The van der Waals surface area contributed by atoms with E-state index in [1.807, 2.05) is 41.8 Å². The molecule has 0 unspecified atom stereocenters. The van der Waals surface area contributed by atoms with Gasteiger partial charge in [0.25, 0.3) is 0 Å². The predicted octanol–water partition coefficient (Wildman–Crippen LogP) is 3.48. The normalized spacial score (nSPS) is 14.8. The van der Waals surface area contributed by atoms with E-state index in [0.29, 0.717) is 12.4 Å². The Bertz CT molecular complexity index is 961. The van der Waals surface area contributed by atoms with Crippen molar-refractivity contribution in [3.8, 4) is 17.1 Å². The van der Waals surface area contributed by atoms with E-state index in [-0.39, 0.29) is 5.76 Å². The molecule has 2 aromatic heterocycles. The van der Waals surface area contributed by atoms with Crippen LogP contribution in [0.15, 0.2) is 63.4 Å². The molecule has 1 aromatic carbocycles. The average molecular weight is 426 g/mol. The van der Waals surface area contributed by atoms with E-state index in [1.165, 1.54) is 0 Å². The maximum atomic E-state index is 12.2. The summed E-state index contributed by atoms with van der Waals surface area (Å²) < 4.78 is 16.9. The van der Waals surface area contributed by atoms with Crippen LogP contribution in [0.2, 0.25) is 0 Å². The van der Waals surface area contributed by atoms with Crippen molar-refractivity contribution >= 4 is 23.5 Å². The molecule has 8 heteroatoms. The number of morpholine rings is 1. The molecule has 0 radical (unpaired) electrons. The number of benzene rings is 1. The highest BCUT2D eigenvalue weighted by atomic mass is 32.1. The molecule has 3 aromatic rings. The largest absolute Gasteiger partial charge is 0.492 e. The summed E-state index contributed by atoms with van der Waals surface area (Å²) in [4.78, 5) is 15.5. The van der Waals surface area contributed by atoms with Crippen LogP contribution in [-0.2, 0) is 4.74 Å². The monoisotopic (exact) mass is 425 g/mol. The Balaban J connectivity index is 1.28. The van der Waals surface area contributed by atoms with Crippen LogP contribution in [0.4, 0.5) is 0 Å². The van der Waals surface area contributed by atoms with E-state index in [9.17, 15) is 4.79 Å². The number of carbonyl (C=O) groups is 1. The Morgan fingerprint density at radius 1 is 1.17 bits per heavy atom. The van der Waals surface area contributed by atoms with Crippen LogP contribution in [0.5, 0.6) is 5.75 Å². The lowest BCUT2D eigenvalue weighted by Gasteiger charge is -2.26. The van der Waals surface area contributed by atoms with Crippen LogP contribution in [0.1, 0.15) is 15.4 Å². The fraction of sp³-hybridized carbons (Fsp3) is 0.273. The van der Waals surface area contributed by atoms with Gasteiger partial charge in [-0.3, -0.25) is 9.69 Å². The topological polar surface area (TPSA) is 76.3 Å². The number of nitrogens with one attached hydrogen (secondary N) is 1. The molecule has 30 heavy (non-hydrogen) atoms. The number of hydrazone groups is 1. The van der Waals surface area contributed by atoms with Crippen LogP contribution in [0.25, 0.3) is 11.3 Å². The van der Waals surface area contributed by atoms with Crippen molar-refractivity contribution in [1.82, 2.24) is 10.3 Å². The van der Waals surface area contributed by atoms with Gasteiger partial charge in [0, 0.05) is 30.1 Å². The number of nitrogens with zero attached hydrogens (tertiary/aromatic N) is 2. The van der Waals surface area contributed by atoms with Crippen LogP contribution < -0.4 is 10.2 Å². The van der Waals surface area contributed by atoms with Gasteiger partial charge in [-0.05, 0) is 47.8 Å². The molecule has 7 nitrogen and oxygen atoms in total. The molecule has 1 N–H and O–H groups in total. The molecule has 0 spiro atoms. The highest BCUT2D eigenvalue weighted by molar-refractivity contribution is 7.11. The Hall–Kier alpha value is -2.94. The standard InChI is InChI=1S/C22H23N3O4S/c26-22(24-23-16-19-2-1-15-30-19)21-8-7-20(29-21)17-3-5-18(6-4-17)28-14-11-25-9-12-27-13-10-25/h1-8,15-16H,9-14H2,(H,24,26). The number of carbonyl (C=O) groups excluding carboxylic acids is 1. The summed E-state index contributed by atoms with van der Waals surface area (Å²) in [5.74, 6) is 1.23. The summed E-state index contributed by atoms with van der Waals surface area (Å²) in [7, 11) is 0. The average Bonchev–Trinajstić information content (AvgIpc) is 3.47. The van der Waals surface area contributed by atoms with Crippen LogP contribution in [-0.4, -0.2) is 56.5 Å². The molecule has 1 aliphatic rings. The zero-order valence-electron chi connectivity index (χ0n) is 16.5. The molecule has 0 atom stereocenters. The van der Waals surface area contributed by atoms with E-state index in [0.717, 1.165) is 49.0 Å². The maximum absolute atomic E-state index is 12.2. The summed E-state index contributed by atoms with van der Waals surface area (Å²) in [5.41, 5.74) is 3.34. The maximum Gasteiger partial charge on any atom is 0.307 e. The molecular weight excluding hydrogens is 402 g/mol. The summed E-state index contributed by atoms with van der Waals surface area (Å²) in [6.07, 6.45) is 1.60. The Morgan fingerprint density at radius 2 is 2.00 bits per heavy atom. The fourth-order valence-electron chi connectivity index (χ4n) is 3.02. The zero-order chi connectivity index (χ0) is 20.6. The lowest BCUT2D eigenvalue weighted by Crippen LogP contribution is -2.38. The minimum Gasteiger partial charge on any atom is -0.492 e. The fourth-order valence-corrected chi connectivity index (χ4v) is 3.61. The smallest absolute Gasteiger partial charge is 0.307 e. The summed E-state index contributed by atoms with van der Waals surface area (Å²) >= 11 is 1.54. The third-order valence-electron chi connectivity index (χ3n) is 4.65. The first-order valence-electron chi connectivity index (χ1n) is 9.78. The van der Waals surface area contributed by atoms with Gasteiger partial charge in [-0.15, -0.1) is 11.3 Å². The molecular formula is C22H23N3O4S. The first-order valence-corrected chi connectivity index (χ1v) is 10.7. The van der Waals surface area contributed by atoms with Crippen molar-refractivity contribution in [3.05, 3.63) is 64.5 Å². The third kappa shape index (κ3) is 5.56. The Morgan fingerprint density at radius 3 is 2.77 bits per heavy atom. The van der Waals surface area contributed by atoms with Gasteiger partial charge in [0.05, 0.1) is 19.4 Å². The number of furan rings is 1. The molecule has 1 aliphatic heterocycles. The number of hydrogen-bond donors (Lipinski definition) is 1. The second-order valence-corrected chi connectivity index (χ2v) is 7.68. The summed E-state index contributed by atoms with van der Waals surface area (Å²) in [6, 6.07) is 14.9. The zero-order valence-corrected chi connectivity index (χ0v) is 17.3. The van der Waals surface area contributed by atoms with Gasteiger partial charge in [-0.2, -0.15) is 5.10 Å². The lowest BCUT2D eigenvalue weighted by molar-refractivity contribution is 0.0322. The van der Waals surface area contributed by atoms with Gasteiger partial charge in [0.2, 0.25) is 0 Å². The van der Waals surface area contributed by atoms with Gasteiger partial charge in [0.15, 0.2) is 5.76 Å². The highest BCUT2D eigenvalue weighted by Gasteiger charge is 2.12. The van der Waals surface area contributed by atoms with Crippen LogP contribution in [0.3, 0.4) is 0 Å². The molecule has 1 fully saturated rings. The first-order chi connectivity index (χ1) is 14.8. The molecule has 4 rings (SSSR count). The Labute approximate surface area is 178 Å². The van der Waals surface area contributed by atoms with Crippen molar-refractivity contribution in [3.63, 3.8) is 0 Å². The second kappa shape index (κ2) is 10.2. The van der Waals surface area contributed by atoms with Crippen LogP contribution in [0, 0.1) is 0 Å². The molecule has 3 heterocycles. The van der Waals surface area contributed by atoms with Gasteiger partial charge >= 0.3 is 5.91 Å². The molecule has 0 bridgehead atoms. The second-order valence-electron chi connectivity index (χ2n) is 6.71. The van der Waals surface area contributed by atoms with Crippen molar-refractivity contribution in [2.75, 3.05) is 39.5 Å². The van der Waals surface area contributed by atoms with E-state index >= 15 is 0 Å².